The van der Waals surface area contributed by atoms with Gasteiger partial charge < -0.3 is 5.32 Å². The van der Waals surface area contributed by atoms with Gasteiger partial charge in [-0.25, -0.2) is 13.2 Å². The van der Waals surface area contributed by atoms with Crippen molar-refractivity contribution in [3.05, 3.63) is 112 Å². The summed E-state index contributed by atoms with van der Waals surface area (Å²) in [6, 6.07) is 13.6. The summed E-state index contributed by atoms with van der Waals surface area (Å²) in [5.74, 6) is -4.16. The Morgan fingerprint density at radius 2 is 1.70 bits per heavy atom. The van der Waals surface area contributed by atoms with Crippen molar-refractivity contribution in [2.45, 2.75) is 51.9 Å². The maximum atomic E-state index is 14.5. The zero-order valence-corrected chi connectivity index (χ0v) is 20.7. The molecule has 0 fully saturated rings. The molecule has 0 saturated carbocycles. The van der Waals surface area contributed by atoms with Crippen LogP contribution in [0.1, 0.15) is 45.9 Å². The van der Waals surface area contributed by atoms with E-state index in [0.717, 1.165) is 53.9 Å². The van der Waals surface area contributed by atoms with Gasteiger partial charge in [0.1, 0.15) is 5.82 Å². The minimum absolute atomic E-state index is 0.0170. The van der Waals surface area contributed by atoms with Crippen LogP contribution in [0.15, 0.2) is 66.9 Å². The predicted molar refractivity (Wildman–Crippen MR) is 133 cm³/mol. The molecule has 0 unspecified atom stereocenters. The summed E-state index contributed by atoms with van der Waals surface area (Å²) in [6.45, 7) is 8.76. The van der Waals surface area contributed by atoms with Crippen molar-refractivity contribution in [2.75, 3.05) is 11.9 Å². The lowest BCUT2D eigenvalue weighted by Gasteiger charge is -2.31. The molecule has 3 aromatic carbocycles. The normalized spacial score (nSPS) is 14.4. The molecule has 0 spiro atoms. The van der Waals surface area contributed by atoms with Crippen molar-refractivity contribution < 1.29 is 26.3 Å². The molecule has 0 saturated heterocycles. The van der Waals surface area contributed by atoms with E-state index in [1.165, 1.54) is 24.3 Å². The highest BCUT2D eigenvalue weighted by molar-refractivity contribution is 5.63. The molecule has 1 aliphatic rings. The van der Waals surface area contributed by atoms with Crippen molar-refractivity contribution in [3.63, 3.8) is 0 Å². The van der Waals surface area contributed by atoms with Crippen LogP contribution in [-0.2, 0) is 38.0 Å². The summed E-state index contributed by atoms with van der Waals surface area (Å²) in [5.41, 5.74) is 3.92. The van der Waals surface area contributed by atoms with Crippen LogP contribution in [-0.4, -0.2) is 11.4 Å². The topological polar surface area (TPSA) is 15.3 Å². The molecule has 0 atom stereocenters. The van der Waals surface area contributed by atoms with Gasteiger partial charge in [-0.1, -0.05) is 55.1 Å². The van der Waals surface area contributed by atoms with Crippen LogP contribution in [0.4, 0.5) is 32.0 Å². The second kappa shape index (κ2) is 10.2. The monoisotopic (exact) mass is 518 g/mol. The SMILES string of the molecule is C=C(Cc1cccc(C(F)(F)F)c1F)Nc1c(C)ccc2c1CCN(Cc1ccc(C(C)(F)F)cc1)C2. The van der Waals surface area contributed by atoms with Crippen LogP contribution in [0.5, 0.6) is 0 Å². The molecule has 0 aromatic heterocycles. The van der Waals surface area contributed by atoms with E-state index in [1.54, 1.807) is 12.1 Å². The number of rotatable bonds is 7. The number of halogens is 6. The fourth-order valence-corrected chi connectivity index (χ4v) is 4.69. The average Bonchev–Trinajstić information content (AvgIpc) is 2.81. The Morgan fingerprint density at radius 3 is 2.35 bits per heavy atom. The number of allylic oxidation sites excluding steroid dienone is 1. The van der Waals surface area contributed by atoms with E-state index in [9.17, 15) is 26.3 Å². The van der Waals surface area contributed by atoms with Crippen molar-refractivity contribution in [1.29, 1.82) is 0 Å². The van der Waals surface area contributed by atoms with Crippen molar-refractivity contribution in [1.82, 2.24) is 4.90 Å². The number of hydrogen-bond acceptors (Lipinski definition) is 2. The van der Waals surface area contributed by atoms with E-state index in [-0.39, 0.29) is 17.5 Å². The molecule has 1 heterocycles. The first-order valence-corrected chi connectivity index (χ1v) is 11.9. The summed E-state index contributed by atoms with van der Waals surface area (Å²) in [7, 11) is 0. The van der Waals surface area contributed by atoms with Crippen LogP contribution < -0.4 is 5.32 Å². The van der Waals surface area contributed by atoms with Crippen LogP contribution in [0, 0.1) is 12.7 Å². The summed E-state index contributed by atoms with van der Waals surface area (Å²) in [6.07, 6.45) is -4.13. The highest BCUT2D eigenvalue weighted by Gasteiger charge is 2.34. The van der Waals surface area contributed by atoms with Gasteiger partial charge in [0.15, 0.2) is 0 Å². The molecule has 3 aromatic rings. The van der Waals surface area contributed by atoms with Gasteiger partial charge in [-0.05, 0) is 47.2 Å². The molecule has 1 aliphatic heterocycles. The number of aryl methyl sites for hydroxylation is 1. The number of nitrogens with zero attached hydrogens (tertiary/aromatic N) is 1. The first-order valence-electron chi connectivity index (χ1n) is 11.9. The van der Waals surface area contributed by atoms with Gasteiger partial charge in [0.05, 0.1) is 5.56 Å². The molecular weight excluding hydrogens is 490 g/mol. The highest BCUT2D eigenvalue weighted by atomic mass is 19.4. The lowest BCUT2D eigenvalue weighted by Crippen LogP contribution is -2.30. The van der Waals surface area contributed by atoms with E-state index < -0.39 is 23.5 Å². The molecule has 196 valence electrons. The lowest BCUT2D eigenvalue weighted by molar-refractivity contribution is -0.140. The molecule has 4 rings (SSSR count). The van der Waals surface area contributed by atoms with Gasteiger partial charge in [-0.15, -0.1) is 0 Å². The van der Waals surface area contributed by atoms with Gasteiger partial charge in [-0.2, -0.15) is 13.2 Å². The number of benzene rings is 3. The van der Waals surface area contributed by atoms with E-state index >= 15 is 0 Å². The molecule has 37 heavy (non-hydrogen) atoms. The summed E-state index contributed by atoms with van der Waals surface area (Å²) in [4.78, 5) is 2.23. The highest BCUT2D eigenvalue weighted by Crippen LogP contribution is 2.34. The zero-order valence-electron chi connectivity index (χ0n) is 20.7. The van der Waals surface area contributed by atoms with Crippen molar-refractivity contribution in [2.24, 2.45) is 0 Å². The summed E-state index contributed by atoms with van der Waals surface area (Å²) in [5, 5.41) is 3.23. The Kier molecular flexibility index (Phi) is 7.42. The maximum Gasteiger partial charge on any atom is 0.419 e. The first-order chi connectivity index (χ1) is 17.3. The van der Waals surface area contributed by atoms with E-state index in [2.05, 4.69) is 16.8 Å². The molecule has 0 radical (unpaired) electrons. The first kappa shape index (κ1) is 26.8. The Hall–Kier alpha value is -3.26. The van der Waals surface area contributed by atoms with E-state index in [4.69, 9.17) is 0 Å². The molecule has 1 N–H and O–H groups in total. The predicted octanol–water partition coefficient (Wildman–Crippen LogP) is 7.99. The Bertz CT molecular complexity index is 1290. The van der Waals surface area contributed by atoms with Gasteiger partial charge in [-0.3, -0.25) is 4.90 Å². The lowest BCUT2D eigenvalue weighted by atomic mass is 9.94. The van der Waals surface area contributed by atoms with Crippen LogP contribution >= 0.6 is 0 Å². The van der Waals surface area contributed by atoms with Crippen LogP contribution in [0.3, 0.4) is 0 Å². The molecule has 2 nitrogen and oxygen atoms in total. The fourth-order valence-electron chi connectivity index (χ4n) is 4.69. The minimum Gasteiger partial charge on any atom is -0.359 e. The Labute approximate surface area is 212 Å². The average molecular weight is 519 g/mol. The molecular formula is C29H28F6N2. The van der Waals surface area contributed by atoms with Gasteiger partial charge in [0, 0.05) is 49.9 Å². The summed E-state index contributed by atoms with van der Waals surface area (Å²) >= 11 is 0. The van der Waals surface area contributed by atoms with Gasteiger partial charge in [0.25, 0.3) is 5.92 Å². The van der Waals surface area contributed by atoms with Gasteiger partial charge in [0.2, 0.25) is 0 Å². The fraction of sp³-hybridized carbons (Fsp3) is 0.310. The molecule has 0 amide bonds. The number of fused-ring (bicyclic) bond motifs is 1. The number of anilines is 1. The second-order valence-electron chi connectivity index (χ2n) is 9.62. The smallest absolute Gasteiger partial charge is 0.359 e. The third kappa shape index (κ3) is 6.18. The third-order valence-corrected chi connectivity index (χ3v) is 6.65. The third-order valence-electron chi connectivity index (χ3n) is 6.65. The minimum atomic E-state index is -4.76. The largest absolute Gasteiger partial charge is 0.419 e. The number of hydrogen-bond donors (Lipinski definition) is 1. The molecule has 8 heteroatoms. The van der Waals surface area contributed by atoms with Gasteiger partial charge >= 0.3 is 6.18 Å². The number of alkyl halides is 5. The standard InChI is InChI=1S/C29H28F6N2/c1-18-7-10-22-17-37(16-20-8-11-23(12-9-20)28(3,31)32)14-13-24(22)27(18)36-19(2)15-21-5-4-6-25(26(21)30)29(33,34)35/h4-12,36H,2,13-17H2,1,3H3. The molecule has 0 aliphatic carbocycles. The van der Waals surface area contributed by atoms with Crippen molar-refractivity contribution >= 4 is 5.69 Å². The Balaban J connectivity index is 1.46. The maximum absolute atomic E-state index is 14.5. The summed E-state index contributed by atoms with van der Waals surface area (Å²) < 4.78 is 80.7. The molecule has 0 bridgehead atoms. The van der Waals surface area contributed by atoms with Crippen molar-refractivity contribution in [3.8, 4) is 0 Å². The van der Waals surface area contributed by atoms with Crippen LogP contribution in [0.25, 0.3) is 0 Å². The quantitative estimate of drug-likeness (QED) is 0.319. The van der Waals surface area contributed by atoms with Crippen LogP contribution in [0.2, 0.25) is 0 Å². The Morgan fingerprint density at radius 1 is 1.00 bits per heavy atom. The van der Waals surface area contributed by atoms with E-state index in [0.29, 0.717) is 18.8 Å². The van der Waals surface area contributed by atoms with E-state index in [1.807, 2.05) is 19.1 Å². The second-order valence-corrected chi connectivity index (χ2v) is 9.62. The number of nitrogens with one attached hydrogen (secondary N) is 1. The zero-order chi connectivity index (χ0) is 27.0.